The van der Waals surface area contributed by atoms with E-state index < -0.39 is 0 Å². The van der Waals surface area contributed by atoms with E-state index in [0.717, 1.165) is 0 Å². The number of cyclic esters (lactones) is 1. The largest absolute Gasteiger partial charge is 0.438 e. The van der Waals surface area contributed by atoms with Gasteiger partial charge in [-0.25, -0.2) is 0 Å². The number of carbonyl (C=O) groups excluding carboxylic acids is 1. The van der Waals surface area contributed by atoms with Crippen LogP contribution in [0.3, 0.4) is 0 Å². The van der Waals surface area contributed by atoms with Gasteiger partial charge >= 0.3 is 5.97 Å². The molecule has 0 N–H and O–H groups in total. The fourth-order valence-corrected chi connectivity index (χ4v) is 0.915. The molecule has 1 aliphatic heterocycles. The molecular formula is C7H12O3. The summed E-state index contributed by atoms with van der Waals surface area (Å²) in [6.07, 6.45) is 0. The molecular weight excluding hydrogens is 132 g/mol. The number of ether oxygens (including phenoxy) is 2. The molecule has 0 radical (unpaired) electrons. The molecule has 1 atom stereocenters. The average Bonchev–Trinajstić information content (AvgIpc) is 1.88. The van der Waals surface area contributed by atoms with Crippen LogP contribution >= 0.6 is 0 Å². The molecule has 0 aliphatic carbocycles. The molecule has 10 heavy (non-hydrogen) atoms. The lowest BCUT2D eigenvalue weighted by atomic mass is 9.97. The second kappa shape index (κ2) is 3.01. The van der Waals surface area contributed by atoms with Crippen molar-refractivity contribution in [1.82, 2.24) is 0 Å². The molecule has 1 heterocycles. The van der Waals surface area contributed by atoms with Gasteiger partial charge < -0.3 is 9.47 Å². The molecule has 0 spiro atoms. The molecule has 3 nitrogen and oxygen atoms in total. The first-order valence-corrected chi connectivity index (χ1v) is 3.46. The van der Waals surface area contributed by atoms with E-state index >= 15 is 0 Å². The molecule has 0 aromatic heterocycles. The summed E-state index contributed by atoms with van der Waals surface area (Å²) in [5.74, 6) is 0.128. The summed E-state index contributed by atoms with van der Waals surface area (Å²) in [4.78, 5) is 10.9. The fourth-order valence-electron chi connectivity index (χ4n) is 0.915. The monoisotopic (exact) mass is 144 g/mol. The van der Waals surface area contributed by atoms with Crippen LogP contribution in [0.25, 0.3) is 0 Å². The maximum Gasteiger partial charge on any atom is 0.313 e. The van der Waals surface area contributed by atoms with Crippen LogP contribution in [0.1, 0.15) is 13.8 Å². The van der Waals surface area contributed by atoms with E-state index in [1.165, 1.54) is 0 Å². The SMILES string of the molecule is CC(C)C1COCOC1=O. The summed E-state index contributed by atoms with van der Waals surface area (Å²) in [6.45, 7) is 4.61. The number of hydrogen-bond acceptors (Lipinski definition) is 3. The lowest BCUT2D eigenvalue weighted by molar-refractivity contribution is -0.182. The highest BCUT2D eigenvalue weighted by Crippen LogP contribution is 2.16. The zero-order chi connectivity index (χ0) is 7.56. The van der Waals surface area contributed by atoms with E-state index in [1.807, 2.05) is 13.8 Å². The minimum atomic E-state index is -0.124. The van der Waals surface area contributed by atoms with Gasteiger partial charge in [0.25, 0.3) is 0 Å². The topological polar surface area (TPSA) is 35.5 Å². The van der Waals surface area contributed by atoms with E-state index in [2.05, 4.69) is 0 Å². The molecule has 0 amide bonds. The normalized spacial score (nSPS) is 26.7. The van der Waals surface area contributed by atoms with Gasteiger partial charge in [0, 0.05) is 0 Å². The van der Waals surface area contributed by atoms with Crippen molar-refractivity contribution < 1.29 is 14.3 Å². The summed E-state index contributed by atoms with van der Waals surface area (Å²) in [6, 6.07) is 0. The van der Waals surface area contributed by atoms with Crippen LogP contribution in [0.2, 0.25) is 0 Å². The van der Waals surface area contributed by atoms with Gasteiger partial charge in [-0.2, -0.15) is 0 Å². The number of esters is 1. The third-order valence-corrected chi connectivity index (χ3v) is 1.69. The van der Waals surface area contributed by atoms with Crippen molar-refractivity contribution in [2.24, 2.45) is 11.8 Å². The van der Waals surface area contributed by atoms with Gasteiger partial charge in [-0.3, -0.25) is 4.79 Å². The van der Waals surface area contributed by atoms with Crippen LogP contribution < -0.4 is 0 Å². The van der Waals surface area contributed by atoms with E-state index in [9.17, 15) is 4.79 Å². The lowest BCUT2D eigenvalue weighted by Gasteiger charge is -2.23. The summed E-state index contributed by atoms with van der Waals surface area (Å²) in [7, 11) is 0. The Morgan fingerprint density at radius 1 is 1.60 bits per heavy atom. The van der Waals surface area contributed by atoms with Gasteiger partial charge in [-0.05, 0) is 5.92 Å². The van der Waals surface area contributed by atoms with Crippen molar-refractivity contribution in [2.45, 2.75) is 13.8 Å². The summed E-state index contributed by atoms with van der Waals surface area (Å²) >= 11 is 0. The second-order valence-corrected chi connectivity index (χ2v) is 2.80. The summed E-state index contributed by atoms with van der Waals surface area (Å²) < 4.78 is 9.66. The molecule has 0 aromatic rings. The Kier molecular flexibility index (Phi) is 2.27. The maximum absolute atomic E-state index is 10.9. The maximum atomic E-state index is 10.9. The Morgan fingerprint density at radius 2 is 2.30 bits per heavy atom. The van der Waals surface area contributed by atoms with E-state index in [1.54, 1.807) is 0 Å². The van der Waals surface area contributed by atoms with Gasteiger partial charge in [0.05, 0.1) is 12.5 Å². The predicted molar refractivity (Wildman–Crippen MR) is 35.2 cm³/mol. The standard InChI is InChI=1S/C7H12O3/c1-5(2)6-3-9-4-10-7(6)8/h5-6H,3-4H2,1-2H3. The van der Waals surface area contributed by atoms with Crippen LogP contribution in [-0.2, 0) is 14.3 Å². The van der Waals surface area contributed by atoms with E-state index in [0.29, 0.717) is 12.5 Å². The Labute approximate surface area is 60.3 Å². The molecule has 0 bridgehead atoms. The van der Waals surface area contributed by atoms with Gasteiger partial charge in [-0.1, -0.05) is 13.8 Å². The molecule has 1 saturated heterocycles. The Bertz CT molecular complexity index is 131. The zero-order valence-electron chi connectivity index (χ0n) is 6.29. The van der Waals surface area contributed by atoms with Crippen molar-refractivity contribution in [3.8, 4) is 0 Å². The van der Waals surface area contributed by atoms with Crippen molar-refractivity contribution in [1.29, 1.82) is 0 Å². The molecule has 3 heteroatoms. The third kappa shape index (κ3) is 1.48. The molecule has 0 aromatic carbocycles. The molecule has 1 rings (SSSR count). The van der Waals surface area contributed by atoms with E-state index in [4.69, 9.17) is 9.47 Å². The number of rotatable bonds is 1. The summed E-state index contributed by atoms with van der Waals surface area (Å²) in [5, 5.41) is 0. The number of carbonyl (C=O) groups is 1. The Balaban J connectivity index is 2.48. The van der Waals surface area contributed by atoms with Crippen LogP contribution in [0.4, 0.5) is 0 Å². The predicted octanol–water partition coefficient (Wildman–Crippen LogP) is 0.789. The third-order valence-electron chi connectivity index (χ3n) is 1.69. The highest BCUT2D eigenvalue weighted by atomic mass is 16.7. The van der Waals surface area contributed by atoms with E-state index in [-0.39, 0.29) is 18.7 Å². The first kappa shape index (κ1) is 7.54. The second-order valence-electron chi connectivity index (χ2n) is 2.80. The van der Waals surface area contributed by atoms with Crippen LogP contribution in [-0.4, -0.2) is 19.4 Å². The lowest BCUT2D eigenvalue weighted by Crippen LogP contribution is -2.33. The van der Waals surface area contributed by atoms with Crippen molar-refractivity contribution in [3.63, 3.8) is 0 Å². The highest BCUT2D eigenvalue weighted by Gasteiger charge is 2.27. The van der Waals surface area contributed by atoms with Crippen molar-refractivity contribution in [3.05, 3.63) is 0 Å². The zero-order valence-corrected chi connectivity index (χ0v) is 6.29. The molecule has 1 unspecified atom stereocenters. The Morgan fingerprint density at radius 3 is 2.70 bits per heavy atom. The fraction of sp³-hybridized carbons (Fsp3) is 0.857. The molecule has 58 valence electrons. The van der Waals surface area contributed by atoms with Crippen LogP contribution in [0.5, 0.6) is 0 Å². The van der Waals surface area contributed by atoms with Crippen LogP contribution in [0, 0.1) is 11.8 Å². The molecule has 0 saturated carbocycles. The quantitative estimate of drug-likeness (QED) is 0.510. The first-order chi connectivity index (χ1) is 4.72. The number of hydrogen-bond donors (Lipinski definition) is 0. The van der Waals surface area contributed by atoms with Crippen molar-refractivity contribution >= 4 is 5.97 Å². The van der Waals surface area contributed by atoms with Crippen LogP contribution in [0.15, 0.2) is 0 Å². The first-order valence-electron chi connectivity index (χ1n) is 3.46. The van der Waals surface area contributed by atoms with Gasteiger partial charge in [0.15, 0.2) is 6.79 Å². The summed E-state index contributed by atoms with van der Waals surface area (Å²) in [5.41, 5.74) is 0. The molecule has 1 aliphatic rings. The highest BCUT2D eigenvalue weighted by molar-refractivity contribution is 5.73. The van der Waals surface area contributed by atoms with Crippen molar-refractivity contribution in [2.75, 3.05) is 13.4 Å². The Hall–Kier alpha value is -0.570. The minimum Gasteiger partial charge on any atom is -0.438 e. The smallest absolute Gasteiger partial charge is 0.313 e. The minimum absolute atomic E-state index is 0.0613. The van der Waals surface area contributed by atoms with Gasteiger partial charge in [0.1, 0.15) is 0 Å². The van der Waals surface area contributed by atoms with Gasteiger partial charge in [-0.15, -0.1) is 0 Å². The van der Waals surface area contributed by atoms with Gasteiger partial charge in [0.2, 0.25) is 0 Å². The molecule has 1 fully saturated rings. The average molecular weight is 144 g/mol.